The van der Waals surface area contributed by atoms with Crippen molar-refractivity contribution in [2.75, 3.05) is 6.54 Å². The summed E-state index contributed by atoms with van der Waals surface area (Å²) in [6.07, 6.45) is 0.403. The van der Waals surface area contributed by atoms with E-state index in [1.54, 1.807) is 0 Å². The molecule has 1 aliphatic rings. The summed E-state index contributed by atoms with van der Waals surface area (Å²) in [6, 6.07) is 15.4. The van der Waals surface area contributed by atoms with Crippen molar-refractivity contribution < 1.29 is 9.32 Å². The Bertz CT molecular complexity index is 936. The second-order valence-electron chi connectivity index (χ2n) is 6.57. The quantitative estimate of drug-likeness (QED) is 0.693. The molecule has 0 spiro atoms. The van der Waals surface area contributed by atoms with Gasteiger partial charge in [-0.25, -0.2) is 0 Å². The van der Waals surface area contributed by atoms with Gasteiger partial charge >= 0.3 is 0 Å². The Balaban J connectivity index is 1.49. The lowest BCUT2D eigenvalue weighted by Crippen LogP contribution is -2.24. The summed E-state index contributed by atoms with van der Waals surface area (Å²) in [4.78, 5) is 18.7. The van der Waals surface area contributed by atoms with E-state index in [0.29, 0.717) is 36.2 Å². The van der Waals surface area contributed by atoms with Crippen molar-refractivity contribution in [3.05, 3.63) is 70.5 Å². The Labute approximate surface area is 156 Å². The van der Waals surface area contributed by atoms with Crippen molar-refractivity contribution in [1.29, 1.82) is 0 Å². The van der Waals surface area contributed by atoms with Crippen LogP contribution in [0.5, 0.6) is 0 Å². The highest BCUT2D eigenvalue weighted by Gasteiger charge is 2.33. The van der Waals surface area contributed by atoms with Gasteiger partial charge in [-0.2, -0.15) is 4.98 Å². The van der Waals surface area contributed by atoms with Crippen LogP contribution in [0.1, 0.15) is 29.3 Å². The molecular formula is C20H18ClN3O2. The molecule has 6 heteroatoms. The van der Waals surface area contributed by atoms with E-state index in [1.165, 1.54) is 0 Å². The third-order valence-corrected chi connectivity index (χ3v) is 4.94. The van der Waals surface area contributed by atoms with Gasteiger partial charge in [0.1, 0.15) is 0 Å². The van der Waals surface area contributed by atoms with E-state index < -0.39 is 0 Å². The van der Waals surface area contributed by atoms with Crippen molar-refractivity contribution in [2.24, 2.45) is 0 Å². The summed E-state index contributed by atoms with van der Waals surface area (Å²) in [7, 11) is 0. The number of benzene rings is 2. The minimum absolute atomic E-state index is 0.0451. The third-order valence-electron chi connectivity index (χ3n) is 4.68. The maximum absolute atomic E-state index is 12.4. The minimum Gasteiger partial charge on any atom is -0.338 e. The summed E-state index contributed by atoms with van der Waals surface area (Å²) in [5, 5.41) is 4.81. The summed E-state index contributed by atoms with van der Waals surface area (Å²) in [6.45, 7) is 3.16. The Morgan fingerprint density at radius 1 is 1.19 bits per heavy atom. The van der Waals surface area contributed by atoms with E-state index >= 15 is 0 Å². The van der Waals surface area contributed by atoms with Crippen molar-refractivity contribution in [1.82, 2.24) is 15.0 Å². The maximum Gasteiger partial charge on any atom is 0.258 e. The van der Waals surface area contributed by atoms with Crippen LogP contribution in [-0.4, -0.2) is 27.5 Å². The number of likely N-dealkylation sites (tertiary alicyclic amines) is 1. The van der Waals surface area contributed by atoms with Crippen LogP contribution in [0.25, 0.3) is 11.5 Å². The van der Waals surface area contributed by atoms with Gasteiger partial charge in [0.25, 0.3) is 5.89 Å². The van der Waals surface area contributed by atoms with Crippen LogP contribution in [-0.2, 0) is 11.3 Å². The van der Waals surface area contributed by atoms with E-state index in [-0.39, 0.29) is 11.8 Å². The normalized spacial score (nSPS) is 17.1. The molecule has 4 rings (SSSR count). The molecule has 0 N–H and O–H groups in total. The van der Waals surface area contributed by atoms with Crippen LogP contribution in [0.15, 0.2) is 53.1 Å². The number of nitrogens with zero attached hydrogens (tertiary/aromatic N) is 3. The molecule has 0 aliphatic carbocycles. The predicted molar refractivity (Wildman–Crippen MR) is 98.7 cm³/mol. The number of rotatable bonds is 4. The van der Waals surface area contributed by atoms with Crippen molar-refractivity contribution in [3.63, 3.8) is 0 Å². The van der Waals surface area contributed by atoms with Gasteiger partial charge in [0, 0.05) is 36.0 Å². The largest absolute Gasteiger partial charge is 0.338 e. The smallest absolute Gasteiger partial charge is 0.258 e. The molecule has 0 saturated carbocycles. The molecule has 1 aliphatic heterocycles. The number of amides is 1. The topological polar surface area (TPSA) is 59.2 Å². The van der Waals surface area contributed by atoms with E-state index in [4.69, 9.17) is 16.1 Å². The first-order chi connectivity index (χ1) is 12.6. The molecule has 3 aromatic rings. The number of hydrogen-bond acceptors (Lipinski definition) is 4. The van der Waals surface area contributed by atoms with Crippen molar-refractivity contribution in [3.8, 4) is 11.5 Å². The van der Waals surface area contributed by atoms with Gasteiger partial charge in [-0.05, 0) is 36.2 Å². The van der Waals surface area contributed by atoms with Crippen LogP contribution in [0.2, 0.25) is 5.02 Å². The lowest BCUT2D eigenvalue weighted by Gasteiger charge is -2.16. The second kappa shape index (κ2) is 6.92. The van der Waals surface area contributed by atoms with Gasteiger partial charge in [0.15, 0.2) is 5.82 Å². The standard InChI is InChI=1S/C20H18ClN3O2/c1-13-4-2-3-5-17(13)20-22-19(23-26-20)15-10-18(25)24(12-15)11-14-6-8-16(21)9-7-14/h2-9,15H,10-12H2,1H3. The molecule has 1 atom stereocenters. The van der Waals surface area contributed by atoms with Crippen LogP contribution < -0.4 is 0 Å². The van der Waals surface area contributed by atoms with E-state index in [0.717, 1.165) is 16.7 Å². The van der Waals surface area contributed by atoms with Crippen molar-refractivity contribution >= 4 is 17.5 Å². The fourth-order valence-corrected chi connectivity index (χ4v) is 3.36. The molecule has 1 amide bonds. The monoisotopic (exact) mass is 367 g/mol. The first-order valence-electron chi connectivity index (χ1n) is 8.52. The zero-order chi connectivity index (χ0) is 18.1. The van der Waals surface area contributed by atoms with Gasteiger partial charge in [0.2, 0.25) is 5.91 Å². The molecule has 26 heavy (non-hydrogen) atoms. The number of carbonyl (C=O) groups excluding carboxylic acids is 1. The van der Waals surface area contributed by atoms with Crippen LogP contribution >= 0.6 is 11.6 Å². The fraction of sp³-hybridized carbons (Fsp3) is 0.250. The Morgan fingerprint density at radius 2 is 1.96 bits per heavy atom. The molecule has 132 valence electrons. The van der Waals surface area contributed by atoms with E-state index in [2.05, 4.69) is 10.1 Å². The molecule has 2 aromatic carbocycles. The molecule has 1 unspecified atom stereocenters. The molecule has 5 nitrogen and oxygen atoms in total. The van der Waals surface area contributed by atoms with Crippen LogP contribution in [0, 0.1) is 6.92 Å². The number of halogens is 1. The van der Waals surface area contributed by atoms with Crippen molar-refractivity contribution in [2.45, 2.75) is 25.8 Å². The number of aromatic nitrogens is 2. The Hall–Kier alpha value is -2.66. The summed E-state index contributed by atoms with van der Waals surface area (Å²) < 4.78 is 5.44. The lowest BCUT2D eigenvalue weighted by molar-refractivity contribution is -0.128. The third kappa shape index (κ3) is 3.35. The summed E-state index contributed by atoms with van der Waals surface area (Å²) >= 11 is 5.92. The molecule has 0 bridgehead atoms. The average molecular weight is 368 g/mol. The maximum atomic E-state index is 12.4. The van der Waals surface area contributed by atoms with Gasteiger partial charge < -0.3 is 9.42 Å². The Morgan fingerprint density at radius 3 is 2.73 bits per heavy atom. The molecule has 1 aromatic heterocycles. The first kappa shape index (κ1) is 16.8. The zero-order valence-electron chi connectivity index (χ0n) is 14.4. The molecule has 1 saturated heterocycles. The summed E-state index contributed by atoms with van der Waals surface area (Å²) in [5.74, 6) is 1.15. The SMILES string of the molecule is Cc1ccccc1-c1nc(C2CC(=O)N(Cc3ccc(Cl)cc3)C2)no1. The van der Waals surface area contributed by atoms with Crippen LogP contribution in [0.3, 0.4) is 0 Å². The fourth-order valence-electron chi connectivity index (χ4n) is 3.23. The molecule has 0 radical (unpaired) electrons. The van der Waals surface area contributed by atoms with Crippen LogP contribution in [0.4, 0.5) is 0 Å². The zero-order valence-corrected chi connectivity index (χ0v) is 15.1. The second-order valence-corrected chi connectivity index (χ2v) is 7.01. The number of hydrogen-bond donors (Lipinski definition) is 0. The number of carbonyl (C=O) groups is 1. The predicted octanol–water partition coefficient (Wildman–Crippen LogP) is 4.21. The highest BCUT2D eigenvalue weighted by Crippen LogP contribution is 2.30. The average Bonchev–Trinajstić information content (AvgIpc) is 3.25. The first-order valence-corrected chi connectivity index (χ1v) is 8.90. The molecule has 2 heterocycles. The van der Waals surface area contributed by atoms with Gasteiger partial charge in [-0.3, -0.25) is 4.79 Å². The van der Waals surface area contributed by atoms with E-state index in [1.807, 2.05) is 60.4 Å². The van der Waals surface area contributed by atoms with Gasteiger partial charge in [-0.15, -0.1) is 0 Å². The number of aryl methyl sites for hydroxylation is 1. The highest BCUT2D eigenvalue weighted by atomic mass is 35.5. The molecule has 1 fully saturated rings. The Kier molecular flexibility index (Phi) is 4.47. The minimum atomic E-state index is -0.0451. The molecular weight excluding hydrogens is 350 g/mol. The van der Waals surface area contributed by atoms with Gasteiger partial charge in [0.05, 0.1) is 0 Å². The summed E-state index contributed by atoms with van der Waals surface area (Å²) in [5.41, 5.74) is 3.06. The van der Waals surface area contributed by atoms with E-state index in [9.17, 15) is 4.79 Å². The highest BCUT2D eigenvalue weighted by molar-refractivity contribution is 6.30. The van der Waals surface area contributed by atoms with Gasteiger partial charge in [-0.1, -0.05) is 47.1 Å². The lowest BCUT2D eigenvalue weighted by atomic mass is 10.1.